The van der Waals surface area contributed by atoms with Gasteiger partial charge in [0.05, 0.1) is 6.54 Å². The molecule has 1 aliphatic carbocycles. The number of rotatable bonds is 9. The molecule has 0 spiro atoms. The van der Waals surface area contributed by atoms with Crippen LogP contribution in [-0.2, 0) is 6.54 Å². The van der Waals surface area contributed by atoms with Gasteiger partial charge in [-0.15, -0.1) is 24.0 Å². The fourth-order valence-corrected chi connectivity index (χ4v) is 2.42. The number of likely N-dealkylation sites (N-methyl/N-ethyl adjacent to an activating group) is 1. The first-order valence-corrected chi connectivity index (χ1v) is 8.42. The van der Waals surface area contributed by atoms with E-state index in [1.54, 1.807) is 0 Å². The second-order valence-corrected chi connectivity index (χ2v) is 6.01. The van der Waals surface area contributed by atoms with E-state index in [0.717, 1.165) is 44.6 Å². The number of hydrogen-bond acceptors (Lipinski definition) is 3. The largest absolute Gasteiger partial charge is 0.357 e. The summed E-state index contributed by atoms with van der Waals surface area (Å²) in [5, 5.41) is 10.9. The minimum atomic E-state index is 0. The molecular formula is C16H31IN6. The van der Waals surface area contributed by atoms with E-state index in [9.17, 15) is 0 Å². The minimum Gasteiger partial charge on any atom is -0.357 e. The van der Waals surface area contributed by atoms with Crippen molar-refractivity contribution in [2.24, 2.45) is 4.99 Å². The Morgan fingerprint density at radius 3 is 2.83 bits per heavy atom. The number of aromatic nitrogens is 2. The van der Waals surface area contributed by atoms with E-state index in [4.69, 9.17) is 4.99 Å². The first kappa shape index (κ1) is 20.2. The van der Waals surface area contributed by atoms with Gasteiger partial charge in [0, 0.05) is 44.1 Å². The van der Waals surface area contributed by atoms with E-state index < -0.39 is 0 Å². The number of aliphatic imine (C=N–C) groups is 1. The molecule has 0 aromatic carbocycles. The topological polar surface area (TPSA) is 57.5 Å². The Morgan fingerprint density at radius 1 is 1.43 bits per heavy atom. The van der Waals surface area contributed by atoms with Gasteiger partial charge in [-0.05, 0) is 46.2 Å². The zero-order valence-electron chi connectivity index (χ0n) is 14.5. The summed E-state index contributed by atoms with van der Waals surface area (Å²) in [4.78, 5) is 7.16. The molecule has 1 aromatic heterocycles. The van der Waals surface area contributed by atoms with E-state index in [2.05, 4.69) is 41.5 Å². The predicted molar refractivity (Wildman–Crippen MR) is 106 cm³/mol. The van der Waals surface area contributed by atoms with Crippen LogP contribution >= 0.6 is 24.0 Å². The predicted octanol–water partition coefficient (Wildman–Crippen LogP) is 1.93. The molecule has 2 N–H and O–H groups in total. The third kappa shape index (κ3) is 7.52. The van der Waals surface area contributed by atoms with E-state index in [-0.39, 0.29) is 24.0 Å². The molecule has 132 valence electrons. The molecule has 1 saturated carbocycles. The van der Waals surface area contributed by atoms with Gasteiger partial charge in [-0.2, -0.15) is 5.10 Å². The molecule has 1 heterocycles. The number of nitrogens with one attached hydrogen (secondary N) is 2. The lowest BCUT2D eigenvalue weighted by Crippen LogP contribution is -2.40. The first-order chi connectivity index (χ1) is 10.7. The number of aryl methyl sites for hydroxylation is 1. The Balaban J connectivity index is 0.00000264. The van der Waals surface area contributed by atoms with Crippen molar-refractivity contribution in [3.8, 4) is 0 Å². The monoisotopic (exact) mass is 434 g/mol. The lowest BCUT2D eigenvalue weighted by atomic mass is 10.3. The normalized spacial score (nSPS) is 16.1. The quantitative estimate of drug-likeness (QED) is 0.270. The van der Waals surface area contributed by atoms with Crippen molar-refractivity contribution >= 4 is 29.9 Å². The van der Waals surface area contributed by atoms with Crippen LogP contribution in [0.1, 0.15) is 33.1 Å². The van der Waals surface area contributed by atoms with Crippen LogP contribution in [0, 0.1) is 0 Å². The van der Waals surface area contributed by atoms with Gasteiger partial charge in [0.15, 0.2) is 5.96 Å². The Bertz CT molecular complexity index is 443. The summed E-state index contributed by atoms with van der Waals surface area (Å²) in [6.07, 6.45) is 7.53. The zero-order chi connectivity index (χ0) is 15.8. The van der Waals surface area contributed by atoms with Crippen LogP contribution in [0.3, 0.4) is 0 Å². The van der Waals surface area contributed by atoms with Crippen LogP contribution in [0.15, 0.2) is 23.5 Å². The molecule has 7 heteroatoms. The third-order valence-electron chi connectivity index (χ3n) is 4.09. The maximum Gasteiger partial charge on any atom is 0.191 e. The van der Waals surface area contributed by atoms with Gasteiger partial charge >= 0.3 is 0 Å². The minimum absolute atomic E-state index is 0. The van der Waals surface area contributed by atoms with Gasteiger partial charge in [0.1, 0.15) is 0 Å². The maximum atomic E-state index is 4.71. The van der Waals surface area contributed by atoms with Gasteiger partial charge in [-0.25, -0.2) is 0 Å². The molecule has 0 amide bonds. The number of nitrogens with zero attached hydrogens (tertiary/aromatic N) is 4. The van der Waals surface area contributed by atoms with Crippen molar-refractivity contribution in [3.05, 3.63) is 18.5 Å². The van der Waals surface area contributed by atoms with Gasteiger partial charge in [0.25, 0.3) is 0 Å². The van der Waals surface area contributed by atoms with E-state index in [0.29, 0.717) is 6.04 Å². The highest BCUT2D eigenvalue weighted by atomic mass is 127. The molecule has 1 unspecified atom stereocenters. The third-order valence-corrected chi connectivity index (χ3v) is 4.09. The standard InChI is InChI=1S/C16H30N6.HI/c1-4-17-16(18-9-5-11-22-12-6-10-20-22)19-13-14(2)21(3)15-7-8-15;/h6,10,12,14-15H,4-5,7-9,11,13H2,1-3H3,(H2,17,18,19);1H. The van der Waals surface area contributed by atoms with Crippen LogP contribution in [0.25, 0.3) is 0 Å². The molecule has 6 nitrogen and oxygen atoms in total. The molecule has 0 aliphatic heterocycles. The summed E-state index contributed by atoms with van der Waals surface area (Å²) in [6.45, 7) is 7.90. The highest BCUT2D eigenvalue weighted by Gasteiger charge is 2.28. The fourth-order valence-electron chi connectivity index (χ4n) is 2.42. The van der Waals surface area contributed by atoms with Crippen molar-refractivity contribution in [1.82, 2.24) is 25.3 Å². The molecule has 1 atom stereocenters. The van der Waals surface area contributed by atoms with E-state index in [1.807, 2.05) is 23.1 Å². The molecule has 0 radical (unpaired) electrons. The maximum absolute atomic E-state index is 4.71. The van der Waals surface area contributed by atoms with Crippen molar-refractivity contribution < 1.29 is 0 Å². The number of guanidine groups is 1. The summed E-state index contributed by atoms with van der Waals surface area (Å²) in [5.41, 5.74) is 0. The molecule has 2 rings (SSSR count). The molecule has 1 fully saturated rings. The molecule has 1 aliphatic rings. The molecule has 1 aromatic rings. The number of halogens is 1. The lowest BCUT2D eigenvalue weighted by Gasteiger charge is -2.23. The van der Waals surface area contributed by atoms with Gasteiger partial charge < -0.3 is 10.6 Å². The summed E-state index contributed by atoms with van der Waals surface area (Å²) in [6, 6.07) is 3.23. The first-order valence-electron chi connectivity index (χ1n) is 8.42. The fraction of sp³-hybridized carbons (Fsp3) is 0.750. The highest BCUT2D eigenvalue weighted by molar-refractivity contribution is 14.0. The average Bonchev–Trinajstić information content (AvgIpc) is 3.24. The van der Waals surface area contributed by atoms with Crippen molar-refractivity contribution in [2.45, 2.75) is 51.7 Å². The summed E-state index contributed by atoms with van der Waals surface area (Å²) in [5.74, 6) is 0.916. The zero-order valence-corrected chi connectivity index (χ0v) is 16.9. The lowest BCUT2D eigenvalue weighted by molar-refractivity contribution is 0.253. The van der Waals surface area contributed by atoms with Crippen molar-refractivity contribution in [3.63, 3.8) is 0 Å². The van der Waals surface area contributed by atoms with E-state index in [1.165, 1.54) is 12.8 Å². The average molecular weight is 434 g/mol. The van der Waals surface area contributed by atoms with Crippen molar-refractivity contribution in [2.75, 3.05) is 26.7 Å². The second-order valence-electron chi connectivity index (χ2n) is 6.01. The van der Waals surface area contributed by atoms with Gasteiger partial charge in [-0.1, -0.05) is 0 Å². The van der Waals surface area contributed by atoms with Crippen LogP contribution in [0.5, 0.6) is 0 Å². The summed E-state index contributed by atoms with van der Waals surface area (Å²) < 4.78 is 1.96. The van der Waals surface area contributed by atoms with Gasteiger partial charge in [-0.3, -0.25) is 14.6 Å². The van der Waals surface area contributed by atoms with Crippen molar-refractivity contribution in [1.29, 1.82) is 0 Å². The second kappa shape index (κ2) is 10.9. The highest BCUT2D eigenvalue weighted by Crippen LogP contribution is 2.26. The summed E-state index contributed by atoms with van der Waals surface area (Å²) in [7, 11) is 2.21. The Morgan fingerprint density at radius 2 is 2.22 bits per heavy atom. The molecule has 0 bridgehead atoms. The molecular weight excluding hydrogens is 403 g/mol. The van der Waals surface area contributed by atoms with Crippen LogP contribution in [0.4, 0.5) is 0 Å². The Hall–Kier alpha value is -0.830. The SMILES string of the molecule is CCNC(=NCC(C)N(C)C1CC1)NCCCn1cccn1.I. The van der Waals surface area contributed by atoms with Crippen LogP contribution in [0.2, 0.25) is 0 Å². The van der Waals surface area contributed by atoms with Crippen LogP contribution < -0.4 is 10.6 Å². The Kier molecular flexibility index (Phi) is 9.54. The molecule has 0 saturated heterocycles. The Labute approximate surface area is 157 Å². The van der Waals surface area contributed by atoms with Crippen LogP contribution in [-0.4, -0.2) is 59.4 Å². The smallest absolute Gasteiger partial charge is 0.191 e. The van der Waals surface area contributed by atoms with Gasteiger partial charge in [0.2, 0.25) is 0 Å². The van der Waals surface area contributed by atoms with E-state index >= 15 is 0 Å². The molecule has 23 heavy (non-hydrogen) atoms. The summed E-state index contributed by atoms with van der Waals surface area (Å²) >= 11 is 0. The number of hydrogen-bond donors (Lipinski definition) is 2.